The lowest BCUT2D eigenvalue weighted by molar-refractivity contribution is -1.02. The number of carbonyl (C=O) groups is 1. The highest BCUT2D eigenvalue weighted by molar-refractivity contribution is 6.09. The molecule has 3 aromatic rings. The van der Waals surface area contributed by atoms with Gasteiger partial charge in [-0.2, -0.15) is 0 Å². The summed E-state index contributed by atoms with van der Waals surface area (Å²) >= 11 is 0. The van der Waals surface area contributed by atoms with Gasteiger partial charge in [-0.15, -0.1) is 0 Å². The Bertz CT molecular complexity index is 1000. The number of fused-ring (bicyclic) bond motifs is 3. The molecule has 5 heteroatoms. The van der Waals surface area contributed by atoms with Gasteiger partial charge in [-0.3, -0.25) is 4.79 Å². The minimum Gasteiger partial charge on any atom is -0.341 e. The molecule has 0 saturated carbocycles. The molecule has 0 radical (unpaired) electrons. The lowest BCUT2D eigenvalue weighted by atomic mass is 10.1. The van der Waals surface area contributed by atoms with Crippen molar-refractivity contribution in [3.8, 4) is 0 Å². The van der Waals surface area contributed by atoms with Gasteiger partial charge >= 0.3 is 0 Å². The molecule has 1 fully saturated rings. The highest BCUT2D eigenvalue weighted by Gasteiger charge is 2.30. The van der Waals surface area contributed by atoms with Crippen LogP contribution in [0, 0.1) is 0 Å². The molecule has 5 nitrogen and oxygen atoms in total. The number of nitrogens with zero attached hydrogens (tertiary/aromatic N) is 1. The highest BCUT2D eigenvalue weighted by Crippen LogP contribution is 2.30. The van der Waals surface area contributed by atoms with Gasteiger partial charge in [-0.25, -0.2) is 0 Å². The molecule has 1 atom stereocenters. The Hall–Kier alpha value is -2.37. The lowest BCUT2D eigenvalue weighted by Crippen LogP contribution is -3.30. The number of para-hydroxylation sites is 1. The molecule has 1 aromatic heterocycles. The fraction of sp³-hybridized carbons (Fsp3) is 0.458. The standard InChI is InChI=1S/C24H32N4O/c1-4-12-26-13-15-27(16-14-26)18(3)24(29)25-19-10-11-23-21(17-19)20-8-6-7-9-22(20)28(23)5-2/h6-11,17-18H,4-5,12-16H2,1-3H3,(H,25,29)/p+2/t18-/m1/s1. The van der Waals surface area contributed by atoms with Gasteiger partial charge in [0.15, 0.2) is 6.04 Å². The van der Waals surface area contributed by atoms with Gasteiger partial charge < -0.3 is 19.7 Å². The zero-order chi connectivity index (χ0) is 20.4. The molecule has 1 saturated heterocycles. The van der Waals surface area contributed by atoms with Gasteiger partial charge in [0.2, 0.25) is 0 Å². The van der Waals surface area contributed by atoms with E-state index in [1.54, 1.807) is 4.90 Å². The van der Waals surface area contributed by atoms with E-state index in [1.807, 2.05) is 6.07 Å². The number of amides is 1. The quantitative estimate of drug-likeness (QED) is 0.580. The van der Waals surface area contributed by atoms with Crippen LogP contribution in [0.5, 0.6) is 0 Å². The largest absolute Gasteiger partial charge is 0.341 e. The predicted octanol–water partition coefficient (Wildman–Crippen LogP) is 1.33. The summed E-state index contributed by atoms with van der Waals surface area (Å²) in [6.45, 7) is 13.2. The van der Waals surface area contributed by atoms with E-state index in [1.165, 1.54) is 52.8 Å². The molecular weight excluding hydrogens is 360 g/mol. The van der Waals surface area contributed by atoms with Crippen molar-refractivity contribution in [1.29, 1.82) is 0 Å². The molecule has 0 bridgehead atoms. The number of benzene rings is 2. The highest BCUT2D eigenvalue weighted by atomic mass is 16.2. The molecule has 0 unspecified atom stereocenters. The number of aromatic nitrogens is 1. The number of carbonyl (C=O) groups excluding carboxylic acids is 1. The Morgan fingerprint density at radius 1 is 1.03 bits per heavy atom. The summed E-state index contributed by atoms with van der Waals surface area (Å²) in [6, 6.07) is 14.8. The minimum atomic E-state index is -0.0224. The third kappa shape index (κ3) is 3.89. The van der Waals surface area contributed by atoms with E-state index in [2.05, 4.69) is 67.1 Å². The number of anilines is 1. The second kappa shape index (κ2) is 8.56. The van der Waals surface area contributed by atoms with Crippen molar-refractivity contribution in [3.63, 3.8) is 0 Å². The molecule has 1 amide bonds. The second-order valence-electron chi connectivity index (χ2n) is 8.36. The first-order chi connectivity index (χ1) is 14.1. The van der Waals surface area contributed by atoms with E-state index in [4.69, 9.17) is 0 Å². The molecule has 29 heavy (non-hydrogen) atoms. The number of aryl methyl sites for hydroxylation is 1. The number of quaternary nitrogens is 2. The number of rotatable bonds is 6. The van der Waals surface area contributed by atoms with Crippen molar-refractivity contribution in [1.82, 2.24) is 4.57 Å². The van der Waals surface area contributed by atoms with E-state index in [0.29, 0.717) is 0 Å². The molecule has 2 aromatic carbocycles. The average Bonchev–Trinajstić information content (AvgIpc) is 3.07. The van der Waals surface area contributed by atoms with E-state index in [0.717, 1.165) is 25.3 Å². The molecule has 2 heterocycles. The molecule has 154 valence electrons. The van der Waals surface area contributed by atoms with E-state index < -0.39 is 0 Å². The van der Waals surface area contributed by atoms with Crippen LogP contribution in [0.1, 0.15) is 27.2 Å². The number of hydrogen-bond donors (Lipinski definition) is 3. The number of piperazine rings is 1. The van der Waals surface area contributed by atoms with Gasteiger partial charge in [0.25, 0.3) is 5.91 Å². The first kappa shape index (κ1) is 19.9. The number of nitrogens with one attached hydrogen (secondary N) is 3. The smallest absolute Gasteiger partial charge is 0.282 e. The van der Waals surface area contributed by atoms with Crippen molar-refractivity contribution in [3.05, 3.63) is 42.5 Å². The van der Waals surface area contributed by atoms with Gasteiger partial charge in [0.1, 0.15) is 26.2 Å². The normalized spacial score (nSPS) is 20.8. The zero-order valence-corrected chi connectivity index (χ0v) is 17.9. The Morgan fingerprint density at radius 3 is 2.48 bits per heavy atom. The lowest BCUT2D eigenvalue weighted by Gasteiger charge is -2.32. The maximum Gasteiger partial charge on any atom is 0.282 e. The molecule has 0 aliphatic carbocycles. The topological polar surface area (TPSA) is 42.9 Å². The van der Waals surface area contributed by atoms with Crippen LogP contribution in [0.15, 0.2) is 42.5 Å². The van der Waals surface area contributed by atoms with Crippen molar-refractivity contribution in [2.45, 2.75) is 39.8 Å². The molecule has 1 aliphatic heterocycles. The number of hydrogen-bond acceptors (Lipinski definition) is 1. The predicted molar refractivity (Wildman–Crippen MR) is 120 cm³/mol. The summed E-state index contributed by atoms with van der Waals surface area (Å²) in [5.41, 5.74) is 3.36. The van der Waals surface area contributed by atoms with Crippen molar-refractivity contribution in [2.75, 3.05) is 38.0 Å². The summed E-state index contributed by atoms with van der Waals surface area (Å²) < 4.78 is 2.33. The van der Waals surface area contributed by atoms with Crippen LogP contribution in [-0.4, -0.2) is 49.2 Å². The molecule has 4 rings (SSSR count). The van der Waals surface area contributed by atoms with Gasteiger partial charge in [-0.05, 0) is 44.5 Å². The molecule has 1 aliphatic rings. The third-order valence-electron chi connectivity index (χ3n) is 6.56. The fourth-order valence-corrected chi connectivity index (χ4v) is 4.87. The van der Waals surface area contributed by atoms with Gasteiger partial charge in [0.05, 0.1) is 6.54 Å². The van der Waals surface area contributed by atoms with Gasteiger partial charge in [-0.1, -0.05) is 25.1 Å². The molecule has 3 N–H and O–H groups in total. The summed E-state index contributed by atoms with van der Waals surface area (Å²) in [4.78, 5) is 16.0. The fourth-order valence-electron chi connectivity index (χ4n) is 4.87. The first-order valence-electron chi connectivity index (χ1n) is 11.1. The first-order valence-corrected chi connectivity index (χ1v) is 11.1. The average molecular weight is 395 g/mol. The Balaban J connectivity index is 1.50. The van der Waals surface area contributed by atoms with Crippen LogP contribution in [0.4, 0.5) is 5.69 Å². The van der Waals surface area contributed by atoms with E-state index in [9.17, 15) is 4.79 Å². The van der Waals surface area contributed by atoms with Crippen molar-refractivity contribution in [2.24, 2.45) is 0 Å². The summed E-state index contributed by atoms with van der Waals surface area (Å²) in [7, 11) is 0. The summed E-state index contributed by atoms with van der Waals surface area (Å²) in [6.07, 6.45) is 1.23. The Labute approximate surface area is 173 Å². The van der Waals surface area contributed by atoms with E-state index in [-0.39, 0.29) is 11.9 Å². The molecule has 0 spiro atoms. The van der Waals surface area contributed by atoms with Crippen LogP contribution in [-0.2, 0) is 11.3 Å². The van der Waals surface area contributed by atoms with Crippen LogP contribution in [0.25, 0.3) is 21.8 Å². The van der Waals surface area contributed by atoms with Crippen LogP contribution >= 0.6 is 0 Å². The summed E-state index contributed by atoms with van der Waals surface area (Å²) in [5.74, 6) is 0.123. The molecular formula is C24H34N4O+2. The van der Waals surface area contributed by atoms with Crippen LogP contribution in [0.3, 0.4) is 0 Å². The Kier molecular flexibility index (Phi) is 5.88. The minimum absolute atomic E-state index is 0.0224. The van der Waals surface area contributed by atoms with Crippen molar-refractivity contribution < 1.29 is 14.6 Å². The Morgan fingerprint density at radius 2 is 1.76 bits per heavy atom. The van der Waals surface area contributed by atoms with E-state index >= 15 is 0 Å². The van der Waals surface area contributed by atoms with Crippen molar-refractivity contribution >= 4 is 33.4 Å². The second-order valence-corrected chi connectivity index (χ2v) is 8.36. The maximum absolute atomic E-state index is 12.9. The van der Waals surface area contributed by atoms with Gasteiger partial charge in [0, 0.05) is 34.0 Å². The zero-order valence-electron chi connectivity index (χ0n) is 17.9. The monoisotopic (exact) mass is 394 g/mol. The summed E-state index contributed by atoms with van der Waals surface area (Å²) in [5, 5.41) is 5.63. The van der Waals surface area contributed by atoms with Crippen LogP contribution in [0.2, 0.25) is 0 Å². The SMILES string of the molecule is CCC[NH+]1CC[NH+]([C@H](C)C(=O)Nc2ccc3c(c2)c2ccccc2n3CC)CC1. The van der Waals surface area contributed by atoms with Crippen LogP contribution < -0.4 is 15.1 Å². The third-order valence-corrected chi connectivity index (χ3v) is 6.56. The maximum atomic E-state index is 12.9.